The molecule has 21 heavy (non-hydrogen) atoms. The summed E-state index contributed by atoms with van der Waals surface area (Å²) in [7, 11) is 0. The van der Waals surface area contributed by atoms with Crippen molar-refractivity contribution in [1.29, 1.82) is 0 Å². The Morgan fingerprint density at radius 1 is 1.10 bits per heavy atom. The Balaban J connectivity index is 1.97. The van der Waals surface area contributed by atoms with Crippen LogP contribution < -0.4 is 10.6 Å². The van der Waals surface area contributed by atoms with Gasteiger partial charge in [0.25, 0.3) is 0 Å². The van der Waals surface area contributed by atoms with Crippen molar-refractivity contribution in [3.8, 4) is 0 Å². The topological polar surface area (TPSA) is 41.1 Å². The van der Waals surface area contributed by atoms with Crippen LogP contribution in [0.4, 0.5) is 11.4 Å². The largest absolute Gasteiger partial charge is 0.375 e. The van der Waals surface area contributed by atoms with Gasteiger partial charge in [-0.25, -0.2) is 0 Å². The molecule has 0 aliphatic carbocycles. The molecule has 0 atom stereocenters. The molecule has 0 aliphatic heterocycles. The van der Waals surface area contributed by atoms with Gasteiger partial charge in [0, 0.05) is 5.69 Å². The fraction of sp³-hybridized carbons (Fsp3) is 0.235. The minimum Gasteiger partial charge on any atom is -0.375 e. The molecule has 4 heteroatoms. The molecule has 2 N–H and O–H groups in total. The number of benzene rings is 2. The summed E-state index contributed by atoms with van der Waals surface area (Å²) in [5.74, 6) is -0.0969. The summed E-state index contributed by atoms with van der Waals surface area (Å²) >= 11 is 6.12. The van der Waals surface area contributed by atoms with Crippen LogP contribution in [-0.2, 0) is 4.79 Å². The molecule has 0 spiro atoms. The first-order chi connectivity index (χ1) is 9.97. The summed E-state index contributed by atoms with van der Waals surface area (Å²) in [6.45, 7) is 6.17. The molecule has 0 aliphatic rings. The van der Waals surface area contributed by atoms with E-state index in [-0.39, 0.29) is 12.5 Å². The van der Waals surface area contributed by atoms with Gasteiger partial charge >= 0.3 is 0 Å². The number of hydrogen-bond acceptors (Lipinski definition) is 2. The molecule has 0 aromatic heterocycles. The molecule has 0 saturated heterocycles. The van der Waals surface area contributed by atoms with Crippen molar-refractivity contribution in [3.05, 3.63) is 58.1 Å². The summed E-state index contributed by atoms with van der Waals surface area (Å²) < 4.78 is 0. The highest BCUT2D eigenvalue weighted by atomic mass is 35.5. The molecule has 3 nitrogen and oxygen atoms in total. The van der Waals surface area contributed by atoms with Gasteiger partial charge in [-0.15, -0.1) is 0 Å². The fourth-order valence-electron chi connectivity index (χ4n) is 2.02. The number of carbonyl (C=O) groups excluding carboxylic acids is 1. The minimum absolute atomic E-state index is 0.0969. The standard InChI is InChI=1S/C17H19ClN2O/c1-11-7-8-16(14(18)9-11)19-10-17(21)20-15-6-4-5-12(2)13(15)3/h4-9,19H,10H2,1-3H3,(H,20,21). The monoisotopic (exact) mass is 302 g/mol. The zero-order valence-corrected chi connectivity index (χ0v) is 13.2. The lowest BCUT2D eigenvalue weighted by Gasteiger charge is -2.12. The van der Waals surface area contributed by atoms with E-state index >= 15 is 0 Å². The molecular weight excluding hydrogens is 284 g/mol. The molecular formula is C17H19ClN2O. The van der Waals surface area contributed by atoms with Gasteiger partial charge in [-0.2, -0.15) is 0 Å². The molecule has 0 bridgehead atoms. The third-order valence-electron chi connectivity index (χ3n) is 3.44. The van der Waals surface area contributed by atoms with Gasteiger partial charge < -0.3 is 10.6 Å². The lowest BCUT2D eigenvalue weighted by molar-refractivity contribution is -0.114. The van der Waals surface area contributed by atoms with E-state index in [1.54, 1.807) is 0 Å². The number of hydrogen-bond donors (Lipinski definition) is 2. The average Bonchev–Trinajstić information content (AvgIpc) is 2.43. The van der Waals surface area contributed by atoms with Gasteiger partial charge in [0.05, 0.1) is 17.3 Å². The predicted octanol–water partition coefficient (Wildman–Crippen LogP) is 4.32. The molecule has 2 rings (SSSR count). The van der Waals surface area contributed by atoms with Crippen LogP contribution in [0.3, 0.4) is 0 Å². The Morgan fingerprint density at radius 3 is 2.57 bits per heavy atom. The lowest BCUT2D eigenvalue weighted by Crippen LogP contribution is -2.22. The first-order valence-corrected chi connectivity index (χ1v) is 7.21. The number of amides is 1. The fourth-order valence-corrected chi connectivity index (χ4v) is 2.32. The summed E-state index contributed by atoms with van der Waals surface area (Å²) in [5, 5.41) is 6.58. The van der Waals surface area contributed by atoms with Crippen molar-refractivity contribution in [2.45, 2.75) is 20.8 Å². The van der Waals surface area contributed by atoms with Crippen molar-refractivity contribution in [1.82, 2.24) is 0 Å². The van der Waals surface area contributed by atoms with Gasteiger partial charge in [0.1, 0.15) is 0 Å². The molecule has 1 amide bonds. The van der Waals surface area contributed by atoms with Crippen LogP contribution in [0.15, 0.2) is 36.4 Å². The summed E-state index contributed by atoms with van der Waals surface area (Å²) in [6, 6.07) is 11.6. The van der Waals surface area contributed by atoms with Crippen LogP contribution in [0.1, 0.15) is 16.7 Å². The van der Waals surface area contributed by atoms with E-state index in [1.807, 2.05) is 57.2 Å². The number of rotatable bonds is 4. The van der Waals surface area contributed by atoms with Crippen LogP contribution in [0, 0.1) is 20.8 Å². The van der Waals surface area contributed by atoms with Crippen LogP contribution >= 0.6 is 11.6 Å². The van der Waals surface area contributed by atoms with Crippen molar-refractivity contribution < 1.29 is 4.79 Å². The Hall–Kier alpha value is -2.00. The normalized spacial score (nSPS) is 10.3. The quantitative estimate of drug-likeness (QED) is 0.883. The second-order valence-electron chi connectivity index (χ2n) is 5.13. The van der Waals surface area contributed by atoms with Gasteiger partial charge in [-0.05, 0) is 55.7 Å². The number of nitrogens with one attached hydrogen (secondary N) is 2. The Kier molecular flexibility index (Phi) is 4.86. The Bertz CT molecular complexity index is 668. The Morgan fingerprint density at radius 2 is 1.86 bits per heavy atom. The minimum atomic E-state index is -0.0969. The van der Waals surface area contributed by atoms with Crippen LogP contribution in [0.2, 0.25) is 5.02 Å². The summed E-state index contributed by atoms with van der Waals surface area (Å²) in [4.78, 5) is 12.0. The summed E-state index contributed by atoms with van der Waals surface area (Å²) in [5.41, 5.74) is 4.93. The number of anilines is 2. The van der Waals surface area contributed by atoms with E-state index in [1.165, 1.54) is 0 Å². The number of aryl methyl sites for hydroxylation is 2. The van der Waals surface area contributed by atoms with Crippen LogP contribution in [0.5, 0.6) is 0 Å². The molecule has 2 aromatic carbocycles. The van der Waals surface area contributed by atoms with Crippen LogP contribution in [-0.4, -0.2) is 12.5 Å². The molecule has 110 valence electrons. The molecule has 0 radical (unpaired) electrons. The van der Waals surface area contributed by atoms with Crippen molar-refractivity contribution >= 4 is 28.9 Å². The van der Waals surface area contributed by atoms with E-state index in [0.717, 1.165) is 28.1 Å². The second-order valence-corrected chi connectivity index (χ2v) is 5.54. The second kappa shape index (κ2) is 6.64. The van der Waals surface area contributed by atoms with Crippen molar-refractivity contribution in [2.24, 2.45) is 0 Å². The van der Waals surface area contributed by atoms with Gasteiger partial charge in [0.2, 0.25) is 5.91 Å². The number of halogens is 1. The van der Waals surface area contributed by atoms with Gasteiger partial charge in [-0.1, -0.05) is 29.8 Å². The van der Waals surface area contributed by atoms with E-state index < -0.39 is 0 Å². The maximum Gasteiger partial charge on any atom is 0.243 e. The molecule has 0 heterocycles. The average molecular weight is 303 g/mol. The SMILES string of the molecule is Cc1ccc(NCC(=O)Nc2cccc(C)c2C)c(Cl)c1. The van der Waals surface area contributed by atoms with Gasteiger partial charge in [-0.3, -0.25) is 4.79 Å². The Labute approximate surface area is 130 Å². The lowest BCUT2D eigenvalue weighted by atomic mass is 10.1. The predicted molar refractivity (Wildman–Crippen MR) is 89.2 cm³/mol. The number of carbonyl (C=O) groups is 1. The third kappa shape index (κ3) is 3.99. The smallest absolute Gasteiger partial charge is 0.243 e. The highest BCUT2D eigenvalue weighted by molar-refractivity contribution is 6.33. The van der Waals surface area contributed by atoms with Crippen LogP contribution in [0.25, 0.3) is 0 Å². The van der Waals surface area contributed by atoms with E-state index in [9.17, 15) is 4.79 Å². The molecule has 0 fully saturated rings. The molecule has 0 saturated carbocycles. The molecule has 2 aromatic rings. The molecule has 0 unspecified atom stereocenters. The van der Waals surface area contributed by atoms with Crippen molar-refractivity contribution in [2.75, 3.05) is 17.2 Å². The maximum absolute atomic E-state index is 12.0. The van der Waals surface area contributed by atoms with Crippen molar-refractivity contribution in [3.63, 3.8) is 0 Å². The van der Waals surface area contributed by atoms with E-state index in [0.29, 0.717) is 5.02 Å². The first-order valence-electron chi connectivity index (χ1n) is 6.83. The zero-order chi connectivity index (χ0) is 15.4. The van der Waals surface area contributed by atoms with E-state index in [4.69, 9.17) is 11.6 Å². The van der Waals surface area contributed by atoms with E-state index in [2.05, 4.69) is 10.6 Å². The van der Waals surface area contributed by atoms with Gasteiger partial charge in [0.15, 0.2) is 0 Å². The maximum atomic E-state index is 12.0. The highest BCUT2D eigenvalue weighted by Gasteiger charge is 2.07. The first kappa shape index (κ1) is 15.4. The third-order valence-corrected chi connectivity index (χ3v) is 3.76. The summed E-state index contributed by atoms with van der Waals surface area (Å²) in [6.07, 6.45) is 0. The highest BCUT2D eigenvalue weighted by Crippen LogP contribution is 2.22. The zero-order valence-electron chi connectivity index (χ0n) is 12.5.